The molecule has 0 radical (unpaired) electrons. The number of fused-ring (bicyclic) bond motifs is 1. The minimum Gasteiger partial charge on any atom is -0.386 e. The lowest BCUT2D eigenvalue weighted by Crippen LogP contribution is -2.42. The largest absolute Gasteiger partial charge is 0.386 e. The highest BCUT2D eigenvalue weighted by Crippen LogP contribution is 2.43. The van der Waals surface area contributed by atoms with Gasteiger partial charge in [0.2, 0.25) is 0 Å². The number of aliphatic hydroxyl groups excluding tert-OH is 1. The van der Waals surface area contributed by atoms with Gasteiger partial charge in [-0.25, -0.2) is 4.98 Å². The highest BCUT2D eigenvalue weighted by molar-refractivity contribution is 5.32. The van der Waals surface area contributed by atoms with Crippen LogP contribution in [-0.2, 0) is 19.9 Å². The van der Waals surface area contributed by atoms with E-state index in [9.17, 15) is 5.11 Å². The smallest absolute Gasteiger partial charge is 0.103 e. The van der Waals surface area contributed by atoms with E-state index in [-0.39, 0.29) is 5.41 Å². The first kappa shape index (κ1) is 13.3. The molecular formula is C16H21N3O. The van der Waals surface area contributed by atoms with Crippen LogP contribution in [-0.4, -0.2) is 21.2 Å². The third-order valence-electron chi connectivity index (χ3n) is 4.67. The number of aliphatic hydroxyl groups is 1. The molecule has 0 saturated heterocycles. The summed E-state index contributed by atoms with van der Waals surface area (Å²) in [6.45, 7) is 0.480. The summed E-state index contributed by atoms with van der Waals surface area (Å²) in [7, 11) is 1.91. The van der Waals surface area contributed by atoms with Crippen LogP contribution < -0.4 is 5.73 Å². The number of hydrogen-bond donors (Lipinski definition) is 2. The predicted molar refractivity (Wildman–Crippen MR) is 78.1 cm³/mol. The second kappa shape index (κ2) is 5.04. The molecule has 0 fully saturated rings. The van der Waals surface area contributed by atoms with Crippen molar-refractivity contribution < 1.29 is 5.11 Å². The van der Waals surface area contributed by atoms with Gasteiger partial charge in [-0.2, -0.15) is 0 Å². The fraction of sp³-hybridized carbons (Fsp3) is 0.438. The molecule has 0 amide bonds. The molecule has 2 atom stereocenters. The summed E-state index contributed by atoms with van der Waals surface area (Å²) in [5.74, 6) is 0. The van der Waals surface area contributed by atoms with Gasteiger partial charge in [0.05, 0.1) is 18.2 Å². The van der Waals surface area contributed by atoms with E-state index in [1.165, 1.54) is 11.1 Å². The number of aromatic nitrogens is 2. The van der Waals surface area contributed by atoms with E-state index in [4.69, 9.17) is 5.73 Å². The highest BCUT2D eigenvalue weighted by Gasteiger charge is 2.41. The molecule has 1 aromatic carbocycles. The molecule has 3 rings (SSSR count). The molecule has 1 aliphatic carbocycles. The Morgan fingerprint density at radius 1 is 1.40 bits per heavy atom. The van der Waals surface area contributed by atoms with Crippen LogP contribution in [0.5, 0.6) is 0 Å². The quantitative estimate of drug-likeness (QED) is 0.891. The Balaban J connectivity index is 1.96. The lowest BCUT2D eigenvalue weighted by Gasteiger charge is -2.41. The van der Waals surface area contributed by atoms with Crippen LogP contribution in [0.15, 0.2) is 36.8 Å². The van der Waals surface area contributed by atoms with Crippen LogP contribution >= 0.6 is 0 Å². The Hall–Kier alpha value is -1.65. The average Bonchev–Trinajstić information content (AvgIpc) is 2.92. The molecule has 20 heavy (non-hydrogen) atoms. The molecule has 2 aromatic rings. The standard InChI is InChI=1S/C16H21N3O/c1-19-11-18-9-14(19)15(20)16(10-17)7-6-12-4-2-3-5-13(12)8-16/h2-5,9,11,15,20H,6-8,10,17H2,1H3. The van der Waals surface area contributed by atoms with E-state index >= 15 is 0 Å². The van der Waals surface area contributed by atoms with Crippen molar-refractivity contribution in [3.63, 3.8) is 0 Å². The van der Waals surface area contributed by atoms with E-state index in [0.29, 0.717) is 6.54 Å². The van der Waals surface area contributed by atoms with Crippen molar-refractivity contribution in [3.05, 3.63) is 53.6 Å². The maximum Gasteiger partial charge on any atom is 0.103 e. The average molecular weight is 271 g/mol. The van der Waals surface area contributed by atoms with E-state index < -0.39 is 6.10 Å². The van der Waals surface area contributed by atoms with Gasteiger partial charge in [-0.1, -0.05) is 24.3 Å². The molecule has 4 nitrogen and oxygen atoms in total. The molecular weight excluding hydrogens is 250 g/mol. The Morgan fingerprint density at radius 2 is 2.15 bits per heavy atom. The molecule has 3 N–H and O–H groups in total. The van der Waals surface area contributed by atoms with Crippen LogP contribution in [0.2, 0.25) is 0 Å². The van der Waals surface area contributed by atoms with Gasteiger partial charge in [-0.15, -0.1) is 0 Å². The minimum absolute atomic E-state index is 0.290. The normalized spacial score (nSPS) is 23.4. The van der Waals surface area contributed by atoms with Gasteiger partial charge in [-0.05, 0) is 30.4 Å². The fourth-order valence-electron chi connectivity index (χ4n) is 3.29. The molecule has 4 heteroatoms. The fourth-order valence-corrected chi connectivity index (χ4v) is 3.29. The molecule has 1 aromatic heterocycles. The zero-order valence-electron chi connectivity index (χ0n) is 11.8. The van der Waals surface area contributed by atoms with E-state index in [0.717, 1.165) is 25.0 Å². The minimum atomic E-state index is -0.576. The van der Waals surface area contributed by atoms with E-state index in [1.54, 1.807) is 12.5 Å². The Bertz CT molecular complexity index is 607. The van der Waals surface area contributed by atoms with Crippen LogP contribution in [0.1, 0.15) is 29.3 Å². The summed E-state index contributed by atoms with van der Waals surface area (Å²) in [6.07, 6.45) is 5.59. The zero-order valence-corrected chi connectivity index (χ0v) is 11.8. The van der Waals surface area contributed by atoms with Crippen molar-refractivity contribution in [2.45, 2.75) is 25.4 Å². The van der Waals surface area contributed by atoms with Crippen molar-refractivity contribution in [3.8, 4) is 0 Å². The van der Waals surface area contributed by atoms with Crippen LogP contribution in [0, 0.1) is 5.41 Å². The first-order valence-electron chi connectivity index (χ1n) is 7.07. The number of nitrogens with two attached hydrogens (primary N) is 1. The van der Waals surface area contributed by atoms with Gasteiger partial charge >= 0.3 is 0 Å². The van der Waals surface area contributed by atoms with Gasteiger partial charge < -0.3 is 15.4 Å². The Kier molecular flexibility index (Phi) is 3.36. The number of hydrogen-bond acceptors (Lipinski definition) is 3. The molecule has 1 aliphatic rings. The molecule has 0 aliphatic heterocycles. The summed E-state index contributed by atoms with van der Waals surface area (Å²) >= 11 is 0. The molecule has 2 unspecified atom stereocenters. The summed E-state index contributed by atoms with van der Waals surface area (Å²) in [5, 5.41) is 10.9. The van der Waals surface area contributed by atoms with Crippen LogP contribution in [0.25, 0.3) is 0 Å². The second-order valence-electron chi connectivity index (χ2n) is 5.84. The topological polar surface area (TPSA) is 64.1 Å². The third-order valence-corrected chi connectivity index (χ3v) is 4.67. The lowest BCUT2D eigenvalue weighted by atomic mass is 9.67. The molecule has 0 saturated carbocycles. The van der Waals surface area contributed by atoms with E-state index in [1.807, 2.05) is 11.6 Å². The van der Waals surface area contributed by atoms with Crippen molar-refractivity contribution in [2.24, 2.45) is 18.2 Å². The van der Waals surface area contributed by atoms with E-state index in [2.05, 4.69) is 29.2 Å². The molecule has 0 bridgehead atoms. The number of imidazole rings is 1. The summed E-state index contributed by atoms with van der Waals surface area (Å²) < 4.78 is 1.88. The number of nitrogens with zero attached hydrogens (tertiary/aromatic N) is 2. The van der Waals surface area contributed by atoms with Crippen LogP contribution in [0.3, 0.4) is 0 Å². The summed E-state index contributed by atoms with van der Waals surface area (Å²) in [6, 6.07) is 8.45. The number of rotatable bonds is 3. The molecule has 1 heterocycles. The van der Waals surface area contributed by atoms with Crippen molar-refractivity contribution in [2.75, 3.05) is 6.54 Å². The van der Waals surface area contributed by atoms with Gasteiger partial charge in [0.1, 0.15) is 6.10 Å². The molecule has 0 spiro atoms. The van der Waals surface area contributed by atoms with Gasteiger partial charge in [-0.3, -0.25) is 0 Å². The number of aryl methyl sites for hydroxylation is 2. The van der Waals surface area contributed by atoms with Crippen LogP contribution in [0.4, 0.5) is 0 Å². The summed E-state index contributed by atoms with van der Waals surface area (Å²) in [5.41, 5.74) is 9.31. The SMILES string of the molecule is Cn1cncc1C(O)C1(CN)CCc2ccccc2C1. The van der Waals surface area contributed by atoms with Crippen molar-refractivity contribution in [1.29, 1.82) is 0 Å². The zero-order chi connectivity index (χ0) is 14.2. The molecule has 106 valence electrons. The van der Waals surface area contributed by atoms with Crippen molar-refractivity contribution >= 4 is 0 Å². The van der Waals surface area contributed by atoms with Gasteiger partial charge in [0, 0.05) is 19.0 Å². The maximum atomic E-state index is 10.9. The Morgan fingerprint density at radius 3 is 2.80 bits per heavy atom. The second-order valence-corrected chi connectivity index (χ2v) is 5.84. The van der Waals surface area contributed by atoms with Gasteiger partial charge in [0.25, 0.3) is 0 Å². The number of benzene rings is 1. The van der Waals surface area contributed by atoms with Crippen molar-refractivity contribution in [1.82, 2.24) is 9.55 Å². The summed E-state index contributed by atoms with van der Waals surface area (Å²) in [4.78, 5) is 4.11. The Labute approximate surface area is 119 Å². The monoisotopic (exact) mass is 271 g/mol. The lowest BCUT2D eigenvalue weighted by molar-refractivity contribution is 0.0127. The third kappa shape index (κ3) is 2.05. The first-order chi connectivity index (χ1) is 9.66. The van der Waals surface area contributed by atoms with Gasteiger partial charge in [0.15, 0.2) is 0 Å². The predicted octanol–water partition coefficient (Wildman–Crippen LogP) is 1.59. The first-order valence-corrected chi connectivity index (χ1v) is 7.07. The maximum absolute atomic E-state index is 10.9. The highest BCUT2D eigenvalue weighted by atomic mass is 16.3.